The average molecular weight is 577 g/mol. The lowest BCUT2D eigenvalue weighted by Crippen LogP contribution is -2.50. The molecule has 2 heterocycles. The van der Waals surface area contributed by atoms with Crippen LogP contribution in [0.4, 0.5) is 0 Å². The molecule has 1 fully saturated rings. The minimum Gasteiger partial charge on any atom is -0.497 e. The number of sulfonamides is 1. The number of ether oxygens (including phenoxy) is 1. The highest BCUT2D eigenvalue weighted by Crippen LogP contribution is 2.33. The van der Waals surface area contributed by atoms with E-state index in [1.807, 2.05) is 10.9 Å². The van der Waals surface area contributed by atoms with E-state index in [4.69, 9.17) is 4.74 Å². The summed E-state index contributed by atoms with van der Waals surface area (Å²) in [5, 5.41) is 15.1. The molecule has 2 N–H and O–H groups in total. The van der Waals surface area contributed by atoms with E-state index in [9.17, 15) is 13.2 Å². The van der Waals surface area contributed by atoms with Crippen molar-refractivity contribution in [2.75, 3.05) is 7.11 Å². The van der Waals surface area contributed by atoms with Crippen LogP contribution in [0.3, 0.4) is 0 Å². The van der Waals surface area contributed by atoms with Crippen molar-refractivity contribution >= 4 is 15.9 Å². The molecule has 1 aliphatic heterocycles. The number of carbonyl (C=O) groups excluding carboxylic acids is 1. The third-order valence-corrected chi connectivity index (χ3v) is 10.2. The maximum absolute atomic E-state index is 13.5. The SMILES string of the molecule is COc1ccc(S(=O)(=O)N2C=CNC(=O)[C@H]2Cc2cn(C3CCCc4cc(CNC5CCCC5)ccc43)nn2)cc1. The Labute approximate surface area is 240 Å². The monoisotopic (exact) mass is 576 g/mol. The number of amides is 1. The van der Waals surface area contributed by atoms with Crippen molar-refractivity contribution in [3.05, 3.63) is 83.4 Å². The van der Waals surface area contributed by atoms with Crippen LogP contribution in [0.15, 0.2) is 66.0 Å². The van der Waals surface area contributed by atoms with Crippen LogP contribution >= 0.6 is 0 Å². The molecule has 6 rings (SSSR count). The van der Waals surface area contributed by atoms with Crippen LogP contribution in [-0.2, 0) is 34.2 Å². The number of hydrogen-bond acceptors (Lipinski definition) is 7. The first-order valence-corrected chi connectivity index (χ1v) is 15.8. The van der Waals surface area contributed by atoms with Gasteiger partial charge in [-0.3, -0.25) is 9.10 Å². The van der Waals surface area contributed by atoms with Gasteiger partial charge >= 0.3 is 0 Å². The number of nitrogens with one attached hydrogen (secondary N) is 2. The van der Waals surface area contributed by atoms with Crippen molar-refractivity contribution in [1.29, 1.82) is 0 Å². The van der Waals surface area contributed by atoms with Gasteiger partial charge in [-0.15, -0.1) is 5.10 Å². The van der Waals surface area contributed by atoms with Crippen LogP contribution < -0.4 is 15.4 Å². The Hall–Kier alpha value is -3.70. The number of benzene rings is 2. The topological polar surface area (TPSA) is 118 Å². The van der Waals surface area contributed by atoms with E-state index in [-0.39, 0.29) is 17.4 Å². The molecule has 1 amide bonds. The Kier molecular flexibility index (Phi) is 7.81. The number of aryl methyl sites for hydroxylation is 1. The van der Waals surface area contributed by atoms with Crippen molar-refractivity contribution < 1.29 is 17.9 Å². The van der Waals surface area contributed by atoms with Gasteiger partial charge in [0, 0.05) is 37.6 Å². The first kappa shape index (κ1) is 27.5. The van der Waals surface area contributed by atoms with Crippen LogP contribution in [0.2, 0.25) is 0 Å². The van der Waals surface area contributed by atoms with Crippen molar-refractivity contribution in [2.24, 2.45) is 0 Å². The van der Waals surface area contributed by atoms with E-state index >= 15 is 0 Å². The summed E-state index contributed by atoms with van der Waals surface area (Å²) < 4.78 is 35.1. The first-order valence-electron chi connectivity index (χ1n) is 14.3. The fourth-order valence-corrected chi connectivity index (χ4v) is 7.63. The molecule has 41 heavy (non-hydrogen) atoms. The summed E-state index contributed by atoms with van der Waals surface area (Å²) in [6.45, 7) is 0.893. The van der Waals surface area contributed by atoms with Crippen molar-refractivity contribution in [3.63, 3.8) is 0 Å². The Balaban J connectivity index is 1.18. The molecule has 2 aromatic carbocycles. The number of nitrogens with zero attached hydrogens (tertiary/aromatic N) is 4. The number of fused-ring (bicyclic) bond motifs is 1. The molecule has 3 aromatic rings. The summed E-state index contributed by atoms with van der Waals surface area (Å²) >= 11 is 0. The van der Waals surface area contributed by atoms with Crippen LogP contribution in [0.1, 0.15) is 67.0 Å². The molecule has 3 aliphatic rings. The molecular weight excluding hydrogens is 540 g/mol. The van der Waals surface area contributed by atoms with Gasteiger partial charge < -0.3 is 15.4 Å². The van der Waals surface area contributed by atoms with Gasteiger partial charge in [0.05, 0.1) is 23.7 Å². The maximum atomic E-state index is 13.5. The molecule has 2 atom stereocenters. The summed E-state index contributed by atoms with van der Waals surface area (Å²) in [5.74, 6) is 0.131. The molecule has 216 valence electrons. The van der Waals surface area contributed by atoms with Crippen molar-refractivity contribution in [3.8, 4) is 5.75 Å². The Morgan fingerprint density at radius 2 is 1.88 bits per heavy atom. The summed E-state index contributed by atoms with van der Waals surface area (Å²) in [5.41, 5.74) is 4.46. The van der Waals surface area contributed by atoms with Gasteiger partial charge in [0.15, 0.2) is 0 Å². The molecular formula is C30H36N6O4S. The van der Waals surface area contributed by atoms with Gasteiger partial charge in [-0.05, 0) is 73.1 Å². The quantitative estimate of drug-likeness (QED) is 0.401. The normalized spacial score (nSPS) is 21.1. The fourth-order valence-electron chi connectivity index (χ4n) is 6.18. The van der Waals surface area contributed by atoms with Crippen molar-refractivity contribution in [1.82, 2.24) is 29.9 Å². The lowest BCUT2D eigenvalue weighted by atomic mass is 9.86. The van der Waals surface area contributed by atoms with Crippen LogP contribution in [-0.4, -0.2) is 52.8 Å². The second-order valence-corrected chi connectivity index (χ2v) is 12.9. The first-order chi connectivity index (χ1) is 19.9. The molecule has 1 saturated carbocycles. The number of hydrogen-bond donors (Lipinski definition) is 2. The highest BCUT2D eigenvalue weighted by Gasteiger charge is 2.36. The third kappa shape index (κ3) is 5.73. The van der Waals surface area contributed by atoms with Gasteiger partial charge in [0.25, 0.3) is 10.0 Å². The summed E-state index contributed by atoms with van der Waals surface area (Å²) in [6, 6.07) is 12.5. The molecule has 0 spiro atoms. The molecule has 11 heteroatoms. The maximum Gasteiger partial charge on any atom is 0.264 e. The molecule has 0 bridgehead atoms. The zero-order valence-corrected chi connectivity index (χ0v) is 24.0. The number of rotatable bonds is 9. The second kappa shape index (κ2) is 11.7. The fraction of sp³-hybridized carbons (Fsp3) is 0.433. The molecule has 0 saturated heterocycles. The van der Waals surface area contributed by atoms with Gasteiger partial charge in [-0.25, -0.2) is 13.1 Å². The zero-order valence-electron chi connectivity index (χ0n) is 23.2. The number of carbonyl (C=O) groups is 1. The minimum absolute atomic E-state index is 0.0519. The Morgan fingerprint density at radius 3 is 2.66 bits per heavy atom. The highest BCUT2D eigenvalue weighted by molar-refractivity contribution is 7.89. The molecule has 1 unspecified atom stereocenters. The van der Waals surface area contributed by atoms with Crippen LogP contribution in [0.5, 0.6) is 5.75 Å². The third-order valence-electron chi connectivity index (χ3n) is 8.41. The van der Waals surface area contributed by atoms with E-state index in [0.29, 0.717) is 17.5 Å². The molecule has 10 nitrogen and oxygen atoms in total. The predicted molar refractivity (Wildman–Crippen MR) is 153 cm³/mol. The Bertz CT molecular complexity index is 1530. The standard InChI is InChI=1S/C30H36N6O4S/c1-40-25-10-12-26(13-11-25)41(38,39)36-16-15-31-30(37)29(36)18-24-20-35(34-33-24)28-8-4-5-22-17-21(9-14-27(22)28)19-32-23-6-2-3-7-23/h9-17,20,23,28-29,32H,2-8,18-19H2,1H3,(H,31,37)/t28?,29-/m1/s1. The van der Waals surface area contributed by atoms with Crippen LogP contribution in [0, 0.1) is 0 Å². The van der Waals surface area contributed by atoms with E-state index < -0.39 is 22.0 Å². The summed E-state index contributed by atoms with van der Waals surface area (Å²) in [4.78, 5) is 13.0. The van der Waals surface area contributed by atoms with E-state index in [0.717, 1.165) is 30.1 Å². The lowest BCUT2D eigenvalue weighted by Gasteiger charge is -2.31. The average Bonchev–Trinajstić information content (AvgIpc) is 3.69. The number of methoxy groups -OCH3 is 1. The largest absolute Gasteiger partial charge is 0.497 e. The summed E-state index contributed by atoms with van der Waals surface area (Å²) in [7, 11) is -2.47. The molecule has 2 aliphatic carbocycles. The lowest BCUT2D eigenvalue weighted by molar-refractivity contribution is -0.124. The Morgan fingerprint density at radius 1 is 1.07 bits per heavy atom. The minimum atomic E-state index is -3.99. The summed E-state index contributed by atoms with van der Waals surface area (Å²) in [6.07, 6.45) is 12.9. The highest BCUT2D eigenvalue weighted by atomic mass is 32.2. The van der Waals surface area contributed by atoms with Crippen LogP contribution in [0.25, 0.3) is 0 Å². The van der Waals surface area contributed by atoms with E-state index in [1.165, 1.54) is 74.0 Å². The smallest absolute Gasteiger partial charge is 0.264 e. The van der Waals surface area contributed by atoms with Gasteiger partial charge in [0.1, 0.15) is 11.8 Å². The van der Waals surface area contributed by atoms with Crippen molar-refractivity contribution in [2.45, 2.75) is 80.9 Å². The van der Waals surface area contributed by atoms with E-state index in [2.05, 4.69) is 39.1 Å². The van der Waals surface area contributed by atoms with Gasteiger partial charge in [-0.1, -0.05) is 36.3 Å². The van der Waals surface area contributed by atoms with Gasteiger partial charge in [-0.2, -0.15) is 0 Å². The second-order valence-electron chi connectivity index (χ2n) is 11.0. The number of aromatic nitrogens is 3. The van der Waals surface area contributed by atoms with Gasteiger partial charge in [0.2, 0.25) is 5.91 Å². The molecule has 0 radical (unpaired) electrons. The molecule has 1 aromatic heterocycles. The van der Waals surface area contributed by atoms with E-state index in [1.54, 1.807) is 12.1 Å². The zero-order chi connectivity index (χ0) is 28.4. The predicted octanol–water partition coefficient (Wildman–Crippen LogP) is 3.45.